The number of rotatable bonds is 6. The summed E-state index contributed by atoms with van der Waals surface area (Å²) in [5, 5.41) is -0.661. The Labute approximate surface area is 310 Å². The van der Waals surface area contributed by atoms with Crippen molar-refractivity contribution in [2.24, 2.45) is 0 Å². The zero-order valence-electron chi connectivity index (χ0n) is 34.0. The highest BCUT2D eigenvalue weighted by Crippen LogP contribution is 2.52. The van der Waals surface area contributed by atoms with Gasteiger partial charge in [-0.05, 0) is 84.7 Å². The molecular weight excluding hydrogens is 731 g/mol. The second kappa shape index (κ2) is 14.1. The Morgan fingerprint density at radius 1 is 0.865 bits per heavy atom. The summed E-state index contributed by atoms with van der Waals surface area (Å²) in [6.45, 7) is 31.2. The quantitative estimate of drug-likeness (QED) is 0.303. The van der Waals surface area contributed by atoms with Crippen molar-refractivity contribution in [1.29, 1.82) is 0 Å². The van der Waals surface area contributed by atoms with E-state index in [2.05, 4.69) is 20.8 Å². The highest BCUT2D eigenvalue weighted by atomic mass is 32.2. The zero-order chi connectivity index (χ0) is 40.4. The number of carbonyl (C=O) groups excluding carboxylic acids is 2. The molecular formula is C34H61N3O12SSi2. The van der Waals surface area contributed by atoms with E-state index in [0.29, 0.717) is 8.87 Å². The number of carbonyl (C=O) groups is 2. The summed E-state index contributed by atoms with van der Waals surface area (Å²) in [7, 11) is -10.3. The largest absolute Gasteiger partial charge is 0.443 e. The molecule has 0 aliphatic carbocycles. The predicted molar refractivity (Wildman–Crippen MR) is 201 cm³/mol. The smallest absolute Gasteiger partial charge is 0.426 e. The van der Waals surface area contributed by atoms with Crippen LogP contribution in [0.4, 0.5) is 9.59 Å². The maximum absolute atomic E-state index is 14.2. The molecule has 2 aliphatic rings. The minimum Gasteiger partial charge on any atom is -0.443 e. The van der Waals surface area contributed by atoms with E-state index >= 15 is 0 Å². The molecule has 3 heterocycles. The second-order valence-corrected chi connectivity index (χ2v) is 29.9. The fraction of sp³-hybridized carbons (Fsp3) is 0.824. The Bertz CT molecular complexity index is 1750. The third-order valence-corrected chi connectivity index (χ3v) is 20.6. The van der Waals surface area contributed by atoms with Crippen LogP contribution in [0.25, 0.3) is 0 Å². The van der Waals surface area contributed by atoms with Crippen molar-refractivity contribution in [3.8, 4) is 0 Å². The second-order valence-electron chi connectivity index (χ2n) is 18.9. The maximum atomic E-state index is 14.2. The molecule has 2 saturated heterocycles. The maximum Gasteiger partial charge on any atom is 0.426 e. The van der Waals surface area contributed by atoms with Crippen molar-refractivity contribution < 1.29 is 45.3 Å². The fourth-order valence-electron chi connectivity index (χ4n) is 5.45. The Balaban J connectivity index is 2.36. The summed E-state index contributed by atoms with van der Waals surface area (Å²) >= 11 is 0. The third-order valence-electron chi connectivity index (χ3n) is 10.2. The molecule has 3 rings (SSSR count). The average molecular weight is 792 g/mol. The molecule has 0 radical (unpaired) electrons. The van der Waals surface area contributed by atoms with Crippen LogP contribution in [0.1, 0.15) is 103 Å². The van der Waals surface area contributed by atoms with E-state index in [-0.39, 0.29) is 18.1 Å². The van der Waals surface area contributed by atoms with Gasteiger partial charge in [0.05, 0.1) is 12.6 Å². The van der Waals surface area contributed by atoms with Gasteiger partial charge in [0.1, 0.15) is 29.0 Å². The van der Waals surface area contributed by atoms with Crippen LogP contribution in [0, 0.1) is 0 Å². The molecule has 1 aromatic heterocycles. The summed E-state index contributed by atoms with van der Waals surface area (Å²) in [6, 6.07) is -0.000474. The zero-order valence-corrected chi connectivity index (χ0v) is 36.8. The summed E-state index contributed by atoms with van der Waals surface area (Å²) in [6.07, 6.45) is -5.16. The van der Waals surface area contributed by atoms with Gasteiger partial charge in [0, 0.05) is 18.7 Å². The van der Waals surface area contributed by atoms with E-state index in [1.165, 1.54) is 6.20 Å². The van der Waals surface area contributed by atoms with Gasteiger partial charge in [-0.2, -0.15) is 17.3 Å². The standard InChI is InChI=1S/C34H61N3O12SSi2/c1-22-20-34(49-50(42,43)37(22)29(41)47-31(5,6)7)23(21-44-51(14,15)32(8,9)10)45-26(25(34)48-52(16,17)33(11,12)13)35-19-18-24(38)36(27(35)39)28(40)46-30(2,3)4/h18-19,22-23,25-26H,20-21H2,1-17H3/t22-,23+,25-,26+,34-/m0/s1. The lowest BCUT2D eigenvalue weighted by atomic mass is 9.85. The Morgan fingerprint density at radius 3 is 1.83 bits per heavy atom. The molecule has 0 aromatic carbocycles. The first-order valence-electron chi connectivity index (χ1n) is 17.6. The van der Waals surface area contributed by atoms with E-state index in [1.54, 1.807) is 48.5 Å². The van der Waals surface area contributed by atoms with Crippen molar-refractivity contribution in [3.05, 3.63) is 33.1 Å². The summed E-state index contributed by atoms with van der Waals surface area (Å²) < 4.78 is 67.7. The molecule has 0 unspecified atom stereocenters. The number of hydrogen-bond donors (Lipinski definition) is 0. The van der Waals surface area contributed by atoms with Crippen LogP contribution in [-0.2, 0) is 37.5 Å². The Kier molecular flexibility index (Phi) is 11.9. The normalized spacial score (nSPS) is 26.1. The van der Waals surface area contributed by atoms with Gasteiger partial charge < -0.3 is 23.1 Å². The first-order chi connectivity index (χ1) is 23.1. The first-order valence-corrected chi connectivity index (χ1v) is 24.8. The molecule has 0 saturated carbocycles. The Morgan fingerprint density at radius 2 is 1.37 bits per heavy atom. The number of hydrogen-bond acceptors (Lipinski definition) is 12. The molecule has 1 amide bonds. The van der Waals surface area contributed by atoms with Crippen molar-refractivity contribution in [2.75, 3.05) is 6.61 Å². The molecule has 1 aromatic rings. The number of amides is 1. The van der Waals surface area contributed by atoms with Crippen LogP contribution in [0.5, 0.6) is 0 Å². The number of ether oxygens (including phenoxy) is 3. The Hall–Kier alpha value is -2.36. The molecule has 2 fully saturated rings. The van der Waals surface area contributed by atoms with Crippen molar-refractivity contribution in [3.63, 3.8) is 0 Å². The van der Waals surface area contributed by atoms with E-state index in [0.717, 1.165) is 10.6 Å². The highest BCUT2D eigenvalue weighted by molar-refractivity contribution is 7.85. The SMILES string of the molecule is C[C@H]1C[C@]2(OS(=O)(=O)N1C(=O)OC(C)(C)C)[C@@H](CO[Si](C)(C)C(C)(C)C)O[C@@H](n1ccc(=O)n(C(=O)OC(C)(C)C)c1=O)[C@@H]2O[Si](C)(C)C(C)(C)C. The van der Waals surface area contributed by atoms with Gasteiger partial charge in [0.15, 0.2) is 22.9 Å². The summed E-state index contributed by atoms with van der Waals surface area (Å²) in [5.41, 5.74) is -5.90. The van der Waals surface area contributed by atoms with Gasteiger partial charge >= 0.3 is 28.2 Å². The van der Waals surface area contributed by atoms with Gasteiger partial charge in [-0.1, -0.05) is 41.5 Å². The van der Waals surface area contributed by atoms with Crippen LogP contribution in [-0.4, -0.2) is 92.3 Å². The molecule has 0 N–H and O–H groups in total. The third kappa shape index (κ3) is 9.11. The topological polar surface area (TPSA) is 171 Å². The van der Waals surface area contributed by atoms with E-state index < -0.39 is 96.7 Å². The van der Waals surface area contributed by atoms with Gasteiger partial charge in [0.25, 0.3) is 5.56 Å². The average Bonchev–Trinajstić information content (AvgIpc) is 3.14. The van der Waals surface area contributed by atoms with Gasteiger partial charge in [-0.15, -0.1) is 0 Å². The monoisotopic (exact) mass is 791 g/mol. The minimum atomic E-state index is -4.89. The highest BCUT2D eigenvalue weighted by Gasteiger charge is 2.67. The first kappa shape index (κ1) is 44.0. The molecule has 1 spiro atoms. The van der Waals surface area contributed by atoms with Crippen LogP contribution >= 0.6 is 0 Å². The molecule has 15 nitrogen and oxygen atoms in total. The fourth-order valence-corrected chi connectivity index (χ4v) is 9.23. The van der Waals surface area contributed by atoms with E-state index in [4.69, 9.17) is 27.2 Å². The number of nitrogens with zero attached hydrogens (tertiary/aromatic N) is 3. The molecule has 2 aliphatic heterocycles. The lowest BCUT2D eigenvalue weighted by molar-refractivity contribution is -0.0969. The van der Waals surface area contributed by atoms with E-state index in [9.17, 15) is 27.6 Å². The van der Waals surface area contributed by atoms with Crippen LogP contribution in [0.2, 0.25) is 36.3 Å². The summed E-state index contributed by atoms with van der Waals surface area (Å²) in [5.74, 6) is 0. The van der Waals surface area contributed by atoms with Gasteiger partial charge in [0.2, 0.25) is 0 Å². The van der Waals surface area contributed by atoms with Crippen LogP contribution in [0.15, 0.2) is 21.9 Å². The molecule has 5 atom stereocenters. The van der Waals surface area contributed by atoms with E-state index in [1.807, 2.05) is 47.0 Å². The van der Waals surface area contributed by atoms with Gasteiger partial charge in [-0.3, -0.25) is 9.36 Å². The van der Waals surface area contributed by atoms with Gasteiger partial charge in [-0.25, -0.2) is 18.6 Å². The van der Waals surface area contributed by atoms with Crippen molar-refractivity contribution >= 4 is 39.1 Å². The molecule has 52 heavy (non-hydrogen) atoms. The van der Waals surface area contributed by atoms with Crippen molar-refractivity contribution in [2.45, 2.75) is 174 Å². The van der Waals surface area contributed by atoms with Crippen molar-refractivity contribution in [1.82, 2.24) is 13.4 Å². The molecule has 0 bridgehead atoms. The predicted octanol–water partition coefficient (Wildman–Crippen LogP) is 6.13. The number of aromatic nitrogens is 2. The van der Waals surface area contributed by atoms with Crippen LogP contribution in [0.3, 0.4) is 0 Å². The van der Waals surface area contributed by atoms with Crippen LogP contribution < -0.4 is 11.2 Å². The summed E-state index contributed by atoms with van der Waals surface area (Å²) in [4.78, 5) is 53.7. The molecule has 298 valence electrons. The lowest BCUT2D eigenvalue weighted by Gasteiger charge is -2.49. The lowest BCUT2D eigenvalue weighted by Crippen LogP contribution is -2.66. The molecule has 18 heteroatoms. The minimum absolute atomic E-state index is 0.132.